The first-order valence-electron chi connectivity index (χ1n) is 5.90. The normalized spacial score (nSPS) is 10.0. The molecule has 0 bridgehead atoms. The Hall–Kier alpha value is -2.50. The number of carbonyl (C=O) groups is 1. The van der Waals surface area contributed by atoms with Crippen molar-refractivity contribution in [1.82, 2.24) is 20.5 Å². The first kappa shape index (κ1) is 12.9. The molecule has 0 aliphatic carbocycles. The van der Waals surface area contributed by atoms with Crippen LogP contribution in [0, 0.1) is 6.92 Å². The molecule has 0 aliphatic rings. The van der Waals surface area contributed by atoms with Gasteiger partial charge in [-0.3, -0.25) is 9.78 Å². The van der Waals surface area contributed by atoms with Crippen LogP contribution >= 0.6 is 0 Å². The van der Waals surface area contributed by atoms with E-state index in [4.69, 9.17) is 0 Å². The second-order valence-corrected chi connectivity index (χ2v) is 4.04. The van der Waals surface area contributed by atoms with Gasteiger partial charge in [-0.2, -0.15) is 0 Å². The van der Waals surface area contributed by atoms with E-state index < -0.39 is 0 Å². The number of rotatable bonds is 4. The van der Waals surface area contributed by atoms with Crippen LogP contribution in [0.4, 0.5) is 5.82 Å². The number of aryl methyl sites for hydroxylation is 1. The number of nitrogens with one attached hydrogen (secondary N) is 2. The van der Waals surface area contributed by atoms with Gasteiger partial charge in [-0.05, 0) is 30.7 Å². The fourth-order valence-corrected chi connectivity index (χ4v) is 1.46. The maximum absolute atomic E-state index is 11.8. The number of anilines is 1. The first-order chi connectivity index (χ1) is 9.19. The second-order valence-electron chi connectivity index (χ2n) is 4.04. The molecule has 0 saturated heterocycles. The van der Waals surface area contributed by atoms with Gasteiger partial charge in [0, 0.05) is 25.5 Å². The molecule has 0 radical (unpaired) electrons. The molecule has 0 aliphatic heterocycles. The number of hydrogen-bond donors (Lipinski definition) is 2. The highest BCUT2D eigenvalue weighted by atomic mass is 16.1. The van der Waals surface area contributed by atoms with E-state index in [0.717, 1.165) is 11.3 Å². The molecular weight excluding hydrogens is 242 g/mol. The van der Waals surface area contributed by atoms with Crippen molar-refractivity contribution in [3.63, 3.8) is 0 Å². The highest BCUT2D eigenvalue weighted by Gasteiger charge is 2.07. The third kappa shape index (κ3) is 3.48. The van der Waals surface area contributed by atoms with Crippen molar-refractivity contribution in [1.29, 1.82) is 0 Å². The summed E-state index contributed by atoms with van der Waals surface area (Å²) < 4.78 is 0. The van der Waals surface area contributed by atoms with E-state index in [9.17, 15) is 4.79 Å². The third-order valence-electron chi connectivity index (χ3n) is 2.58. The summed E-state index contributed by atoms with van der Waals surface area (Å²) in [5, 5.41) is 13.3. The van der Waals surface area contributed by atoms with Gasteiger partial charge in [0.05, 0.1) is 0 Å². The molecule has 2 N–H and O–H groups in total. The molecule has 2 aromatic heterocycles. The van der Waals surface area contributed by atoms with Crippen molar-refractivity contribution >= 4 is 11.7 Å². The lowest BCUT2D eigenvalue weighted by atomic mass is 10.2. The SMILES string of the molecule is CNc1ccc(C(=O)NCc2ccc(C)nc2)nn1. The number of aromatic nitrogens is 3. The van der Waals surface area contributed by atoms with E-state index in [1.165, 1.54) is 0 Å². The van der Waals surface area contributed by atoms with Gasteiger partial charge < -0.3 is 10.6 Å². The summed E-state index contributed by atoms with van der Waals surface area (Å²) in [5.74, 6) is 0.370. The van der Waals surface area contributed by atoms with Crippen molar-refractivity contribution < 1.29 is 4.79 Å². The van der Waals surface area contributed by atoms with Crippen LogP contribution in [0.5, 0.6) is 0 Å². The number of pyridine rings is 1. The van der Waals surface area contributed by atoms with Crippen LogP contribution < -0.4 is 10.6 Å². The topological polar surface area (TPSA) is 79.8 Å². The number of amides is 1. The van der Waals surface area contributed by atoms with E-state index in [1.807, 2.05) is 19.1 Å². The van der Waals surface area contributed by atoms with E-state index in [0.29, 0.717) is 18.1 Å². The van der Waals surface area contributed by atoms with Crippen molar-refractivity contribution in [2.24, 2.45) is 0 Å². The molecule has 0 saturated carbocycles. The van der Waals surface area contributed by atoms with Crippen LogP contribution in [0.2, 0.25) is 0 Å². The maximum Gasteiger partial charge on any atom is 0.272 e. The quantitative estimate of drug-likeness (QED) is 0.859. The van der Waals surface area contributed by atoms with Crippen LogP contribution in [-0.2, 0) is 6.54 Å². The Labute approximate surface area is 111 Å². The summed E-state index contributed by atoms with van der Waals surface area (Å²) in [4.78, 5) is 16.0. The highest BCUT2D eigenvalue weighted by molar-refractivity contribution is 5.92. The van der Waals surface area contributed by atoms with Crippen molar-refractivity contribution in [3.05, 3.63) is 47.4 Å². The van der Waals surface area contributed by atoms with Gasteiger partial charge in [0.25, 0.3) is 5.91 Å². The van der Waals surface area contributed by atoms with Gasteiger partial charge >= 0.3 is 0 Å². The van der Waals surface area contributed by atoms with Gasteiger partial charge in [-0.25, -0.2) is 0 Å². The summed E-state index contributed by atoms with van der Waals surface area (Å²) in [6.45, 7) is 2.34. The molecule has 6 heteroatoms. The molecule has 0 spiro atoms. The van der Waals surface area contributed by atoms with Crippen molar-refractivity contribution in [2.75, 3.05) is 12.4 Å². The zero-order valence-corrected chi connectivity index (χ0v) is 10.8. The molecule has 6 nitrogen and oxygen atoms in total. The van der Waals surface area contributed by atoms with Crippen LogP contribution in [0.15, 0.2) is 30.5 Å². The molecule has 2 heterocycles. The van der Waals surface area contributed by atoms with E-state index in [2.05, 4.69) is 25.8 Å². The molecule has 2 rings (SSSR count). The van der Waals surface area contributed by atoms with Crippen molar-refractivity contribution in [3.8, 4) is 0 Å². The number of carbonyl (C=O) groups excluding carboxylic acids is 1. The first-order valence-corrected chi connectivity index (χ1v) is 5.90. The Bertz CT molecular complexity index is 550. The number of nitrogens with zero attached hydrogens (tertiary/aromatic N) is 3. The Morgan fingerprint density at radius 3 is 2.63 bits per heavy atom. The van der Waals surface area contributed by atoms with Gasteiger partial charge in [-0.1, -0.05) is 6.07 Å². The van der Waals surface area contributed by atoms with E-state index in [1.54, 1.807) is 25.4 Å². The molecule has 2 aromatic rings. The number of hydrogen-bond acceptors (Lipinski definition) is 5. The maximum atomic E-state index is 11.8. The Balaban J connectivity index is 1.95. The standard InChI is InChI=1S/C13H15N5O/c1-9-3-4-10(7-15-9)8-16-13(19)11-5-6-12(14-2)18-17-11/h3-7H,8H2,1-2H3,(H,14,18)(H,16,19). The lowest BCUT2D eigenvalue weighted by Crippen LogP contribution is -2.24. The summed E-state index contributed by atoms with van der Waals surface area (Å²) in [6.07, 6.45) is 1.74. The molecular formula is C13H15N5O. The van der Waals surface area contributed by atoms with E-state index >= 15 is 0 Å². The van der Waals surface area contributed by atoms with Gasteiger partial charge in [0.1, 0.15) is 5.82 Å². The van der Waals surface area contributed by atoms with Crippen LogP contribution in [0.3, 0.4) is 0 Å². The minimum Gasteiger partial charge on any atom is -0.372 e. The zero-order valence-electron chi connectivity index (χ0n) is 10.8. The van der Waals surface area contributed by atoms with Gasteiger partial charge in [0.2, 0.25) is 0 Å². The Morgan fingerprint density at radius 2 is 2.05 bits per heavy atom. The zero-order chi connectivity index (χ0) is 13.7. The molecule has 19 heavy (non-hydrogen) atoms. The minimum absolute atomic E-state index is 0.254. The minimum atomic E-state index is -0.254. The molecule has 0 aromatic carbocycles. The predicted molar refractivity (Wildman–Crippen MR) is 71.7 cm³/mol. The smallest absolute Gasteiger partial charge is 0.272 e. The Kier molecular flexibility index (Phi) is 4.02. The lowest BCUT2D eigenvalue weighted by molar-refractivity contribution is 0.0945. The monoisotopic (exact) mass is 257 g/mol. The largest absolute Gasteiger partial charge is 0.372 e. The molecule has 1 amide bonds. The molecule has 98 valence electrons. The van der Waals surface area contributed by atoms with Crippen molar-refractivity contribution in [2.45, 2.75) is 13.5 Å². The highest BCUT2D eigenvalue weighted by Crippen LogP contribution is 2.02. The van der Waals surface area contributed by atoms with E-state index in [-0.39, 0.29) is 5.91 Å². The molecule has 0 unspecified atom stereocenters. The van der Waals surface area contributed by atoms with Crippen LogP contribution in [-0.4, -0.2) is 28.1 Å². The predicted octanol–water partition coefficient (Wildman–Crippen LogP) is 1.15. The van der Waals surface area contributed by atoms with Crippen LogP contribution in [0.25, 0.3) is 0 Å². The lowest BCUT2D eigenvalue weighted by Gasteiger charge is -2.05. The molecule has 0 atom stereocenters. The average Bonchev–Trinajstić information content (AvgIpc) is 2.46. The summed E-state index contributed by atoms with van der Waals surface area (Å²) in [6, 6.07) is 7.16. The fraction of sp³-hybridized carbons (Fsp3) is 0.231. The van der Waals surface area contributed by atoms with Gasteiger partial charge in [-0.15, -0.1) is 10.2 Å². The van der Waals surface area contributed by atoms with Gasteiger partial charge in [0.15, 0.2) is 5.69 Å². The molecule has 0 fully saturated rings. The Morgan fingerprint density at radius 1 is 1.21 bits per heavy atom. The third-order valence-corrected chi connectivity index (χ3v) is 2.58. The summed E-state index contributed by atoms with van der Waals surface area (Å²) in [7, 11) is 1.74. The fourth-order valence-electron chi connectivity index (χ4n) is 1.46. The van der Waals surface area contributed by atoms with Crippen LogP contribution in [0.1, 0.15) is 21.7 Å². The summed E-state index contributed by atoms with van der Waals surface area (Å²) in [5.41, 5.74) is 2.18. The second kappa shape index (κ2) is 5.90. The average molecular weight is 257 g/mol. The summed E-state index contributed by atoms with van der Waals surface area (Å²) >= 11 is 0.